The van der Waals surface area contributed by atoms with E-state index in [0.717, 1.165) is 62.9 Å². The number of aliphatic carboxylic acids is 1. The van der Waals surface area contributed by atoms with E-state index < -0.39 is 12.0 Å². The molecule has 0 amide bonds. The van der Waals surface area contributed by atoms with Gasteiger partial charge in [-0.15, -0.1) is 0 Å². The lowest BCUT2D eigenvalue weighted by Crippen LogP contribution is -2.38. The van der Waals surface area contributed by atoms with E-state index in [1.807, 2.05) is 19.1 Å². The number of carboxylic acids is 1. The van der Waals surface area contributed by atoms with Crippen LogP contribution in [0.5, 0.6) is 0 Å². The summed E-state index contributed by atoms with van der Waals surface area (Å²) in [6, 6.07) is 7.68. The number of rotatable bonds is 12. The van der Waals surface area contributed by atoms with Crippen LogP contribution in [0.1, 0.15) is 74.7 Å². The Morgan fingerprint density at radius 3 is 2.83 bits per heavy atom. The summed E-state index contributed by atoms with van der Waals surface area (Å²) in [4.78, 5) is 20.5. The van der Waals surface area contributed by atoms with Crippen molar-refractivity contribution < 1.29 is 9.90 Å². The zero-order chi connectivity index (χ0) is 21.2. The number of fused-ring (bicyclic) bond motifs is 1. The smallest absolute Gasteiger partial charge is 0.320 e. The molecule has 6 nitrogen and oxygen atoms in total. The van der Waals surface area contributed by atoms with E-state index in [-0.39, 0.29) is 6.04 Å². The van der Waals surface area contributed by atoms with E-state index in [1.165, 1.54) is 17.7 Å². The van der Waals surface area contributed by atoms with Crippen LogP contribution in [0.3, 0.4) is 0 Å². The fourth-order valence-corrected chi connectivity index (χ4v) is 4.00. The number of aryl methyl sites for hydroxylation is 2. The minimum atomic E-state index is -0.780. The van der Waals surface area contributed by atoms with Crippen molar-refractivity contribution in [2.45, 2.75) is 76.8 Å². The summed E-state index contributed by atoms with van der Waals surface area (Å²) in [7, 11) is 0. The molecule has 3 N–H and O–H groups in total. The van der Waals surface area contributed by atoms with E-state index in [4.69, 9.17) is 4.98 Å². The van der Waals surface area contributed by atoms with Crippen LogP contribution in [0.15, 0.2) is 36.7 Å². The molecular weight excluding hydrogens is 376 g/mol. The van der Waals surface area contributed by atoms with Crippen LogP contribution in [0.2, 0.25) is 0 Å². The van der Waals surface area contributed by atoms with E-state index in [2.05, 4.69) is 27.8 Å². The van der Waals surface area contributed by atoms with Gasteiger partial charge >= 0.3 is 5.97 Å². The average molecular weight is 411 g/mol. The lowest BCUT2D eigenvalue weighted by molar-refractivity contribution is -0.139. The largest absolute Gasteiger partial charge is 0.480 e. The number of carbonyl (C=O) groups is 1. The number of pyridine rings is 2. The Balaban J connectivity index is 1.31. The molecule has 0 radical (unpaired) electrons. The summed E-state index contributed by atoms with van der Waals surface area (Å²) >= 11 is 0. The third-order valence-electron chi connectivity index (χ3n) is 5.81. The van der Waals surface area contributed by atoms with Crippen molar-refractivity contribution in [1.29, 1.82) is 0 Å². The van der Waals surface area contributed by atoms with Gasteiger partial charge < -0.3 is 10.4 Å². The highest BCUT2D eigenvalue weighted by atomic mass is 16.4. The van der Waals surface area contributed by atoms with Gasteiger partial charge in [-0.1, -0.05) is 37.8 Å². The number of hydrogen-bond donors (Lipinski definition) is 3. The number of unbranched alkanes of at least 4 members (excludes halogenated alkanes) is 4. The molecule has 0 spiro atoms. The Morgan fingerprint density at radius 2 is 2.03 bits per heavy atom. The summed E-state index contributed by atoms with van der Waals surface area (Å²) in [6.07, 6.45) is 12.9. The van der Waals surface area contributed by atoms with Gasteiger partial charge in [0.2, 0.25) is 0 Å². The van der Waals surface area contributed by atoms with Crippen LogP contribution in [0, 0.1) is 0 Å². The van der Waals surface area contributed by atoms with Crippen molar-refractivity contribution in [2.75, 3.05) is 11.9 Å². The third-order valence-corrected chi connectivity index (χ3v) is 5.81. The predicted molar refractivity (Wildman–Crippen MR) is 120 cm³/mol. The monoisotopic (exact) mass is 410 g/mol. The lowest BCUT2D eigenvalue weighted by Gasteiger charge is -2.20. The first-order valence-electron chi connectivity index (χ1n) is 11.2. The molecule has 0 fully saturated rings. The second kappa shape index (κ2) is 11.6. The van der Waals surface area contributed by atoms with Crippen LogP contribution in [-0.2, 0) is 17.6 Å². The number of carboxylic acid groups (broad SMARTS) is 1. The quantitative estimate of drug-likeness (QED) is 0.446. The first-order chi connectivity index (χ1) is 14.6. The SMILES string of the molecule is CC(NC(CCCCCCCc1ccc2c(n1)NCCC2)C(=O)O)c1cccnc1. The van der Waals surface area contributed by atoms with Crippen molar-refractivity contribution in [1.82, 2.24) is 15.3 Å². The molecule has 2 atom stereocenters. The lowest BCUT2D eigenvalue weighted by atomic mass is 10.0. The molecule has 2 unspecified atom stereocenters. The molecule has 30 heavy (non-hydrogen) atoms. The van der Waals surface area contributed by atoms with Crippen LogP contribution in [0.4, 0.5) is 5.82 Å². The number of nitrogens with zero attached hydrogens (tertiary/aromatic N) is 2. The molecule has 6 heteroatoms. The molecule has 3 heterocycles. The highest BCUT2D eigenvalue weighted by molar-refractivity contribution is 5.73. The highest BCUT2D eigenvalue weighted by Crippen LogP contribution is 2.21. The van der Waals surface area contributed by atoms with Gasteiger partial charge in [0.1, 0.15) is 11.9 Å². The number of hydrogen-bond acceptors (Lipinski definition) is 5. The highest BCUT2D eigenvalue weighted by Gasteiger charge is 2.19. The van der Waals surface area contributed by atoms with Gasteiger partial charge in [0.05, 0.1) is 0 Å². The minimum Gasteiger partial charge on any atom is -0.480 e. The zero-order valence-corrected chi connectivity index (χ0v) is 17.9. The maximum Gasteiger partial charge on any atom is 0.320 e. The summed E-state index contributed by atoms with van der Waals surface area (Å²) in [5.74, 6) is 0.296. The molecule has 0 saturated heterocycles. The minimum absolute atomic E-state index is 0.0293. The van der Waals surface area contributed by atoms with E-state index in [9.17, 15) is 9.90 Å². The van der Waals surface area contributed by atoms with Crippen LogP contribution < -0.4 is 10.6 Å². The summed E-state index contributed by atoms with van der Waals surface area (Å²) in [5.41, 5.74) is 3.52. The van der Waals surface area contributed by atoms with Crippen molar-refractivity contribution >= 4 is 11.8 Å². The van der Waals surface area contributed by atoms with Gasteiger partial charge in [-0.05, 0) is 62.3 Å². The maximum atomic E-state index is 11.6. The van der Waals surface area contributed by atoms with Crippen molar-refractivity contribution in [3.8, 4) is 0 Å². The van der Waals surface area contributed by atoms with Crippen molar-refractivity contribution in [3.63, 3.8) is 0 Å². The van der Waals surface area contributed by atoms with Crippen LogP contribution in [-0.4, -0.2) is 33.6 Å². The Hall–Kier alpha value is -2.47. The summed E-state index contributed by atoms with van der Waals surface area (Å²) in [5, 5.41) is 16.2. The summed E-state index contributed by atoms with van der Waals surface area (Å²) < 4.78 is 0. The predicted octanol–water partition coefficient (Wildman–Crippen LogP) is 4.52. The Kier molecular flexibility index (Phi) is 8.63. The Morgan fingerprint density at radius 1 is 1.20 bits per heavy atom. The summed E-state index contributed by atoms with van der Waals surface area (Å²) in [6.45, 7) is 3.01. The van der Waals surface area contributed by atoms with Crippen LogP contribution >= 0.6 is 0 Å². The third kappa shape index (κ3) is 6.80. The molecule has 0 aromatic carbocycles. The van der Waals surface area contributed by atoms with Gasteiger partial charge in [-0.25, -0.2) is 4.98 Å². The molecule has 0 aliphatic carbocycles. The van der Waals surface area contributed by atoms with Gasteiger partial charge in [0.15, 0.2) is 0 Å². The molecular formula is C24H34N4O2. The number of anilines is 1. The van der Waals surface area contributed by atoms with E-state index in [1.54, 1.807) is 12.4 Å². The second-order valence-corrected chi connectivity index (χ2v) is 8.21. The van der Waals surface area contributed by atoms with Gasteiger partial charge in [0, 0.05) is 30.7 Å². The molecule has 0 bridgehead atoms. The average Bonchev–Trinajstić information content (AvgIpc) is 2.77. The Labute approximate surface area is 179 Å². The first-order valence-corrected chi connectivity index (χ1v) is 11.2. The van der Waals surface area contributed by atoms with Gasteiger partial charge in [-0.3, -0.25) is 15.1 Å². The van der Waals surface area contributed by atoms with Crippen molar-refractivity contribution in [2.24, 2.45) is 0 Å². The van der Waals surface area contributed by atoms with E-state index >= 15 is 0 Å². The fraction of sp³-hybridized carbons (Fsp3) is 0.542. The van der Waals surface area contributed by atoms with E-state index in [0.29, 0.717) is 6.42 Å². The first kappa shape index (κ1) is 22.2. The van der Waals surface area contributed by atoms with Crippen LogP contribution in [0.25, 0.3) is 0 Å². The molecule has 162 valence electrons. The molecule has 3 rings (SSSR count). The Bertz CT molecular complexity index is 797. The van der Waals surface area contributed by atoms with Gasteiger partial charge in [-0.2, -0.15) is 0 Å². The molecule has 2 aromatic heterocycles. The fourth-order valence-electron chi connectivity index (χ4n) is 4.00. The number of aromatic nitrogens is 2. The topological polar surface area (TPSA) is 87.1 Å². The molecule has 0 saturated carbocycles. The van der Waals surface area contributed by atoms with Gasteiger partial charge in [0.25, 0.3) is 0 Å². The molecule has 2 aromatic rings. The standard InChI is InChI=1S/C24H34N4O2/c1-18(20-10-7-15-25-17-20)27-22(24(29)30)12-6-4-2-3-5-11-21-14-13-19-9-8-16-26-23(19)28-21/h7,10,13-15,17-18,22,27H,2-6,8-9,11-12,16H2,1H3,(H,26,28)(H,29,30). The molecule has 1 aliphatic heterocycles. The number of nitrogens with one attached hydrogen (secondary N) is 2. The van der Waals surface area contributed by atoms with Crippen molar-refractivity contribution in [3.05, 3.63) is 53.5 Å². The normalized spacial score (nSPS) is 15.1. The molecule has 1 aliphatic rings. The maximum absolute atomic E-state index is 11.6. The second-order valence-electron chi connectivity index (χ2n) is 8.21. The zero-order valence-electron chi connectivity index (χ0n) is 17.9.